The topological polar surface area (TPSA) is 85.2 Å². The fourth-order valence-electron chi connectivity index (χ4n) is 5.66. The quantitative estimate of drug-likeness (QED) is 0.229. The largest absolute Gasteiger partial charge is 0.416 e. The van der Waals surface area contributed by atoms with Gasteiger partial charge in [-0.05, 0) is 85.1 Å². The Hall–Kier alpha value is -4.95. The van der Waals surface area contributed by atoms with E-state index in [0.29, 0.717) is 42.8 Å². The number of nitriles is 1. The van der Waals surface area contributed by atoms with E-state index in [1.807, 2.05) is 4.90 Å². The monoisotopic (exact) mass is 622 g/mol. The van der Waals surface area contributed by atoms with E-state index in [1.54, 1.807) is 30.3 Å². The molecule has 2 aliphatic heterocycles. The van der Waals surface area contributed by atoms with Gasteiger partial charge in [-0.1, -0.05) is 11.6 Å². The first-order valence-electron chi connectivity index (χ1n) is 13.4. The van der Waals surface area contributed by atoms with Crippen LogP contribution in [-0.2, 0) is 12.6 Å². The number of benzene rings is 4. The number of halogens is 6. The van der Waals surface area contributed by atoms with Crippen LogP contribution in [-0.4, -0.2) is 18.4 Å². The fourth-order valence-corrected chi connectivity index (χ4v) is 5.89. The molecule has 6 nitrogen and oxygen atoms in total. The van der Waals surface area contributed by atoms with Gasteiger partial charge in [0.25, 0.3) is 11.8 Å². The molecule has 0 spiro atoms. The van der Waals surface area contributed by atoms with Crippen molar-refractivity contribution in [3.05, 3.63) is 122 Å². The summed E-state index contributed by atoms with van der Waals surface area (Å²) in [6.07, 6.45) is -3.49. The van der Waals surface area contributed by atoms with Gasteiger partial charge in [0.1, 0.15) is 11.6 Å². The first-order chi connectivity index (χ1) is 20.9. The number of fused-ring (bicyclic) bond motifs is 2. The lowest BCUT2D eigenvalue weighted by atomic mass is 9.94. The van der Waals surface area contributed by atoms with E-state index in [-0.39, 0.29) is 33.5 Å². The van der Waals surface area contributed by atoms with Crippen molar-refractivity contribution in [2.75, 3.05) is 16.8 Å². The molecule has 2 amide bonds. The molecule has 0 saturated heterocycles. The number of hydrogen-bond donors (Lipinski definition) is 2. The van der Waals surface area contributed by atoms with Crippen molar-refractivity contribution in [1.82, 2.24) is 5.32 Å². The third kappa shape index (κ3) is 5.33. The minimum Gasteiger partial charge on any atom is -0.341 e. The molecule has 222 valence electrons. The van der Waals surface area contributed by atoms with Crippen LogP contribution in [0.4, 0.5) is 39.0 Å². The average Bonchev–Trinajstić information content (AvgIpc) is 3.33. The smallest absolute Gasteiger partial charge is 0.341 e. The molecule has 2 aliphatic rings. The van der Waals surface area contributed by atoms with E-state index < -0.39 is 46.8 Å². The first kappa shape index (κ1) is 29.1. The maximum atomic E-state index is 14.3. The highest BCUT2D eigenvalue weighted by atomic mass is 35.5. The third-order valence-corrected chi connectivity index (χ3v) is 7.96. The fraction of sp³-hybridized carbons (Fsp3) is 0.156. The molecular formula is C32H20ClF5N4O2. The van der Waals surface area contributed by atoms with Crippen molar-refractivity contribution in [2.45, 2.75) is 25.1 Å². The van der Waals surface area contributed by atoms with Crippen molar-refractivity contribution >= 4 is 40.5 Å². The summed E-state index contributed by atoms with van der Waals surface area (Å²) in [6.45, 7) is 0.519. The number of amides is 2. The number of hydrogen-bond acceptors (Lipinski definition) is 4. The van der Waals surface area contributed by atoms with Crippen molar-refractivity contribution in [3.8, 4) is 6.07 Å². The van der Waals surface area contributed by atoms with Crippen LogP contribution in [0.2, 0.25) is 5.02 Å². The molecule has 0 saturated carbocycles. The van der Waals surface area contributed by atoms with Gasteiger partial charge in [-0.2, -0.15) is 18.4 Å². The predicted molar refractivity (Wildman–Crippen MR) is 153 cm³/mol. The standard InChI is InChI=1S/C32H20ClF5N4O2/c33-25-5-4-20(34)12-23(25)29-28-24(31(44)41-29)13-22(42-7-1-2-17-8-16(15-39)3-6-27(17)42)14-26(28)40-30(43)18-9-19(32(36,37)38)11-21(35)10-18/h3-6,8-14,29H,1-2,7H2,(H,40,43)(H,41,44). The van der Waals surface area contributed by atoms with Crippen molar-refractivity contribution < 1.29 is 31.5 Å². The second kappa shape index (κ2) is 11.0. The minimum atomic E-state index is -4.90. The Morgan fingerprint density at radius 1 is 1.02 bits per heavy atom. The Labute approximate surface area is 252 Å². The Morgan fingerprint density at radius 3 is 2.57 bits per heavy atom. The molecule has 2 N–H and O–H groups in total. The van der Waals surface area contributed by atoms with E-state index in [2.05, 4.69) is 16.7 Å². The number of nitrogens with one attached hydrogen (secondary N) is 2. The van der Waals surface area contributed by atoms with Crippen molar-refractivity contribution in [2.24, 2.45) is 0 Å². The molecule has 0 fully saturated rings. The van der Waals surface area contributed by atoms with Gasteiger partial charge in [-0.25, -0.2) is 8.78 Å². The molecule has 6 rings (SSSR count). The van der Waals surface area contributed by atoms with Crippen LogP contribution in [0.3, 0.4) is 0 Å². The number of nitrogens with zero attached hydrogens (tertiary/aromatic N) is 2. The first-order valence-corrected chi connectivity index (χ1v) is 13.7. The average molecular weight is 623 g/mol. The molecule has 0 radical (unpaired) electrons. The lowest BCUT2D eigenvalue weighted by Crippen LogP contribution is -2.25. The molecule has 0 aliphatic carbocycles. The maximum absolute atomic E-state index is 14.3. The van der Waals surface area contributed by atoms with Crippen LogP contribution < -0.4 is 15.5 Å². The summed E-state index contributed by atoms with van der Waals surface area (Å²) in [4.78, 5) is 28.6. The summed E-state index contributed by atoms with van der Waals surface area (Å²) < 4.78 is 68.6. The van der Waals surface area contributed by atoms with Gasteiger partial charge in [-0.3, -0.25) is 9.59 Å². The van der Waals surface area contributed by atoms with Gasteiger partial charge in [0.05, 0.1) is 23.2 Å². The summed E-state index contributed by atoms with van der Waals surface area (Å²) in [5, 5.41) is 14.8. The van der Waals surface area contributed by atoms with Crippen LogP contribution >= 0.6 is 11.6 Å². The molecule has 44 heavy (non-hydrogen) atoms. The normalized spacial score (nSPS) is 15.7. The number of carbonyl (C=O) groups excluding carboxylic acids is 2. The zero-order valence-corrected chi connectivity index (χ0v) is 23.3. The number of aryl methyl sites for hydroxylation is 1. The van der Waals surface area contributed by atoms with E-state index in [0.717, 1.165) is 23.4 Å². The highest BCUT2D eigenvalue weighted by Crippen LogP contribution is 2.44. The Balaban J connectivity index is 1.50. The van der Waals surface area contributed by atoms with Crippen LogP contribution in [0.25, 0.3) is 0 Å². The van der Waals surface area contributed by atoms with Gasteiger partial charge in [0.2, 0.25) is 0 Å². The minimum absolute atomic E-state index is 0.0322. The number of rotatable bonds is 4. The molecule has 0 bridgehead atoms. The summed E-state index contributed by atoms with van der Waals surface area (Å²) in [5.74, 6) is -3.50. The molecule has 4 aromatic carbocycles. The van der Waals surface area contributed by atoms with Gasteiger partial charge >= 0.3 is 6.18 Å². The van der Waals surface area contributed by atoms with Gasteiger partial charge in [-0.15, -0.1) is 0 Å². The molecule has 2 heterocycles. The molecule has 0 aromatic heterocycles. The summed E-state index contributed by atoms with van der Waals surface area (Å²) in [5.41, 5.74) is 1.25. The lowest BCUT2D eigenvalue weighted by Gasteiger charge is -2.32. The van der Waals surface area contributed by atoms with Crippen molar-refractivity contribution in [3.63, 3.8) is 0 Å². The summed E-state index contributed by atoms with van der Waals surface area (Å²) >= 11 is 6.37. The van der Waals surface area contributed by atoms with Crippen LogP contribution in [0.15, 0.2) is 66.7 Å². The van der Waals surface area contributed by atoms with E-state index in [4.69, 9.17) is 11.6 Å². The maximum Gasteiger partial charge on any atom is 0.416 e. The lowest BCUT2D eigenvalue weighted by molar-refractivity contribution is -0.137. The summed E-state index contributed by atoms with van der Waals surface area (Å²) in [7, 11) is 0. The number of carbonyl (C=O) groups is 2. The molecular weight excluding hydrogens is 603 g/mol. The molecule has 4 aromatic rings. The van der Waals surface area contributed by atoms with Crippen LogP contribution in [0.1, 0.15) is 61.0 Å². The Morgan fingerprint density at radius 2 is 1.82 bits per heavy atom. The van der Waals surface area contributed by atoms with E-state index >= 15 is 0 Å². The van der Waals surface area contributed by atoms with E-state index in [9.17, 15) is 36.8 Å². The van der Waals surface area contributed by atoms with Crippen LogP contribution in [0, 0.1) is 23.0 Å². The van der Waals surface area contributed by atoms with Crippen molar-refractivity contribution in [1.29, 1.82) is 5.26 Å². The Bertz CT molecular complexity index is 1900. The predicted octanol–water partition coefficient (Wildman–Crippen LogP) is 7.68. The zero-order valence-electron chi connectivity index (χ0n) is 22.5. The highest BCUT2D eigenvalue weighted by molar-refractivity contribution is 6.31. The number of anilines is 3. The molecule has 1 unspecified atom stereocenters. The zero-order chi connectivity index (χ0) is 31.3. The van der Waals surface area contributed by atoms with Gasteiger partial charge in [0, 0.05) is 50.9 Å². The number of alkyl halides is 3. The SMILES string of the molecule is N#Cc1ccc2c(c1)CCCN2c1cc(NC(=O)c2cc(F)cc(C(F)(F)F)c2)c2c(c1)C(=O)NC2c1cc(F)ccc1Cl. The molecule has 12 heteroatoms. The van der Waals surface area contributed by atoms with Gasteiger partial charge in [0.15, 0.2) is 0 Å². The molecule has 1 atom stereocenters. The highest BCUT2D eigenvalue weighted by Gasteiger charge is 2.36. The second-order valence-corrected chi connectivity index (χ2v) is 10.8. The third-order valence-electron chi connectivity index (χ3n) is 7.62. The Kier molecular flexibility index (Phi) is 7.25. The second-order valence-electron chi connectivity index (χ2n) is 10.4. The van der Waals surface area contributed by atoms with Gasteiger partial charge < -0.3 is 15.5 Å². The van der Waals surface area contributed by atoms with E-state index in [1.165, 1.54) is 6.07 Å². The summed E-state index contributed by atoms with van der Waals surface area (Å²) in [6, 6.07) is 14.5. The van der Waals surface area contributed by atoms with Crippen LogP contribution in [0.5, 0.6) is 0 Å².